The number of carbonyl (C=O) groups is 1. The van der Waals surface area contributed by atoms with E-state index in [9.17, 15) is 10.1 Å². The van der Waals surface area contributed by atoms with Gasteiger partial charge in [0.25, 0.3) is 5.91 Å². The molecular formula is C16H18N2OS. The van der Waals surface area contributed by atoms with E-state index in [1.54, 1.807) is 0 Å². The van der Waals surface area contributed by atoms with Crippen molar-refractivity contribution in [2.75, 3.05) is 6.54 Å². The molecule has 1 amide bonds. The first-order valence-corrected chi connectivity index (χ1v) is 8.13. The van der Waals surface area contributed by atoms with Crippen LogP contribution in [0.25, 0.3) is 0 Å². The van der Waals surface area contributed by atoms with Crippen LogP contribution in [0.15, 0.2) is 17.5 Å². The topological polar surface area (TPSA) is 44.1 Å². The van der Waals surface area contributed by atoms with Crippen molar-refractivity contribution in [1.29, 1.82) is 5.26 Å². The van der Waals surface area contributed by atoms with E-state index in [1.807, 2.05) is 22.4 Å². The van der Waals surface area contributed by atoms with Crippen LogP contribution in [0.4, 0.5) is 0 Å². The van der Waals surface area contributed by atoms with Gasteiger partial charge in [-0.2, -0.15) is 5.26 Å². The molecule has 4 bridgehead atoms. The number of carbonyl (C=O) groups excluding carboxylic acids is 1. The maximum Gasteiger partial charge on any atom is 0.265 e. The number of piperidine rings is 1. The van der Waals surface area contributed by atoms with Gasteiger partial charge in [-0.25, -0.2) is 0 Å². The average molecular weight is 286 g/mol. The Morgan fingerprint density at radius 1 is 1.55 bits per heavy atom. The Bertz CT molecular complexity index is 633. The van der Waals surface area contributed by atoms with E-state index in [2.05, 4.69) is 19.9 Å². The maximum absolute atomic E-state index is 12.8. The van der Waals surface area contributed by atoms with Crippen LogP contribution in [0, 0.1) is 28.1 Å². The number of hydrogen-bond donors (Lipinski definition) is 0. The van der Waals surface area contributed by atoms with Gasteiger partial charge in [-0.15, -0.1) is 11.3 Å². The molecule has 0 spiro atoms. The molecule has 0 unspecified atom stereocenters. The molecule has 3 fully saturated rings. The zero-order chi connectivity index (χ0) is 14.2. The van der Waals surface area contributed by atoms with Crippen molar-refractivity contribution in [3.8, 4) is 6.07 Å². The number of amides is 1. The highest BCUT2D eigenvalue weighted by atomic mass is 32.1. The molecule has 4 atom stereocenters. The van der Waals surface area contributed by atoms with Crippen molar-refractivity contribution in [3.63, 3.8) is 0 Å². The molecule has 1 aliphatic heterocycles. The molecule has 0 aromatic carbocycles. The van der Waals surface area contributed by atoms with Crippen LogP contribution in [0.2, 0.25) is 0 Å². The van der Waals surface area contributed by atoms with E-state index < -0.39 is 5.54 Å². The monoisotopic (exact) mass is 286 g/mol. The molecule has 1 aromatic rings. The Kier molecular flexibility index (Phi) is 2.14. The van der Waals surface area contributed by atoms with Gasteiger partial charge in [0.15, 0.2) is 0 Å². The third-order valence-electron chi connectivity index (χ3n) is 6.72. The van der Waals surface area contributed by atoms with E-state index in [1.165, 1.54) is 17.8 Å². The van der Waals surface area contributed by atoms with Crippen molar-refractivity contribution in [2.45, 2.75) is 38.6 Å². The van der Waals surface area contributed by atoms with Crippen LogP contribution in [0.5, 0.6) is 0 Å². The lowest BCUT2D eigenvalue weighted by Crippen LogP contribution is -2.54. The van der Waals surface area contributed by atoms with Crippen molar-refractivity contribution < 1.29 is 4.79 Å². The zero-order valence-electron chi connectivity index (χ0n) is 11.8. The van der Waals surface area contributed by atoms with Gasteiger partial charge in [0, 0.05) is 12.0 Å². The van der Waals surface area contributed by atoms with Gasteiger partial charge in [-0.1, -0.05) is 19.9 Å². The standard InChI is InChI=1S/C16H18N2OS/c1-14-10-18(13(19)12-4-3-7-20-12)16(9-17)8-11(14)5-6-15(14,16)2/h3-4,7,11H,5-6,8,10H2,1-2H3/t11-,14+,15-,16+/m1/s1. The second-order valence-corrected chi connectivity index (χ2v) is 7.98. The molecule has 2 aliphatic carbocycles. The van der Waals surface area contributed by atoms with Crippen LogP contribution < -0.4 is 0 Å². The second kappa shape index (κ2) is 3.46. The summed E-state index contributed by atoms with van der Waals surface area (Å²) < 4.78 is 0. The normalized spacial score (nSPS) is 44.9. The van der Waals surface area contributed by atoms with Crippen molar-refractivity contribution >= 4 is 17.2 Å². The average Bonchev–Trinajstić information content (AvgIpc) is 3.13. The van der Waals surface area contributed by atoms with Crippen molar-refractivity contribution in [3.05, 3.63) is 22.4 Å². The second-order valence-electron chi connectivity index (χ2n) is 7.03. The number of thiophene rings is 1. The molecule has 1 aromatic heterocycles. The number of hydrogen-bond acceptors (Lipinski definition) is 3. The van der Waals surface area contributed by atoms with Crippen LogP contribution in [0.1, 0.15) is 42.8 Å². The summed E-state index contributed by atoms with van der Waals surface area (Å²) in [4.78, 5) is 15.5. The van der Waals surface area contributed by atoms with Gasteiger partial charge >= 0.3 is 0 Å². The zero-order valence-corrected chi connectivity index (χ0v) is 12.7. The Hall–Kier alpha value is -1.34. The minimum absolute atomic E-state index is 0.0354. The molecule has 2 saturated carbocycles. The quantitative estimate of drug-likeness (QED) is 0.795. The highest BCUT2D eigenvalue weighted by molar-refractivity contribution is 7.12. The van der Waals surface area contributed by atoms with Gasteiger partial charge in [-0.05, 0) is 42.0 Å². The molecule has 0 N–H and O–H groups in total. The molecule has 3 nitrogen and oxygen atoms in total. The molecule has 0 radical (unpaired) electrons. The fourth-order valence-electron chi connectivity index (χ4n) is 5.29. The van der Waals surface area contributed by atoms with E-state index >= 15 is 0 Å². The first-order valence-electron chi connectivity index (χ1n) is 7.25. The summed E-state index contributed by atoms with van der Waals surface area (Å²) in [5.41, 5.74) is -0.492. The van der Waals surface area contributed by atoms with Crippen LogP contribution in [0.3, 0.4) is 0 Å². The molecule has 4 heteroatoms. The van der Waals surface area contributed by atoms with Crippen molar-refractivity contribution in [2.24, 2.45) is 16.7 Å². The Morgan fingerprint density at radius 3 is 2.95 bits per heavy atom. The minimum Gasteiger partial charge on any atom is -0.318 e. The molecule has 104 valence electrons. The summed E-state index contributed by atoms with van der Waals surface area (Å²) in [6, 6.07) is 6.34. The van der Waals surface area contributed by atoms with E-state index in [-0.39, 0.29) is 16.7 Å². The summed E-state index contributed by atoms with van der Waals surface area (Å²) in [5, 5.41) is 11.8. The first-order chi connectivity index (χ1) is 9.48. The molecule has 1 saturated heterocycles. The summed E-state index contributed by atoms with van der Waals surface area (Å²) in [5.74, 6) is 0.663. The van der Waals surface area contributed by atoms with Gasteiger partial charge in [-0.3, -0.25) is 4.79 Å². The van der Waals surface area contributed by atoms with Gasteiger partial charge in [0.05, 0.1) is 10.9 Å². The highest BCUT2D eigenvalue weighted by Crippen LogP contribution is 2.75. The number of rotatable bonds is 1. The molecule has 20 heavy (non-hydrogen) atoms. The van der Waals surface area contributed by atoms with Crippen molar-refractivity contribution in [1.82, 2.24) is 4.90 Å². The lowest BCUT2D eigenvalue weighted by molar-refractivity contribution is 0.0435. The smallest absolute Gasteiger partial charge is 0.265 e. The molecule has 4 rings (SSSR count). The van der Waals surface area contributed by atoms with Gasteiger partial charge in [0.2, 0.25) is 0 Å². The number of nitriles is 1. The predicted molar refractivity (Wildman–Crippen MR) is 77.3 cm³/mol. The Labute approximate surface area is 123 Å². The lowest BCUT2D eigenvalue weighted by atomic mass is 9.66. The van der Waals surface area contributed by atoms with Gasteiger partial charge in [0.1, 0.15) is 5.54 Å². The molecule has 3 aliphatic rings. The summed E-state index contributed by atoms with van der Waals surface area (Å²) >= 11 is 1.47. The molecule has 2 heterocycles. The van der Waals surface area contributed by atoms with E-state index in [0.29, 0.717) is 5.92 Å². The Morgan fingerprint density at radius 2 is 2.35 bits per heavy atom. The van der Waals surface area contributed by atoms with E-state index in [0.717, 1.165) is 24.3 Å². The maximum atomic E-state index is 12.8. The van der Waals surface area contributed by atoms with Crippen LogP contribution >= 0.6 is 11.3 Å². The van der Waals surface area contributed by atoms with Gasteiger partial charge < -0.3 is 4.90 Å². The first kappa shape index (κ1) is 12.4. The predicted octanol–water partition coefficient (Wildman–Crippen LogP) is 3.29. The number of likely N-dealkylation sites (tertiary alicyclic amines) is 1. The van der Waals surface area contributed by atoms with Crippen LogP contribution in [-0.4, -0.2) is 22.9 Å². The summed E-state index contributed by atoms with van der Waals surface area (Å²) in [6.07, 6.45) is 3.17. The summed E-state index contributed by atoms with van der Waals surface area (Å²) in [6.45, 7) is 5.29. The number of nitrogens with zero attached hydrogens (tertiary/aromatic N) is 2. The fraction of sp³-hybridized carbons (Fsp3) is 0.625. The largest absolute Gasteiger partial charge is 0.318 e. The fourth-order valence-corrected chi connectivity index (χ4v) is 5.96. The third-order valence-corrected chi connectivity index (χ3v) is 7.58. The Balaban J connectivity index is 1.82. The highest BCUT2D eigenvalue weighted by Gasteiger charge is 2.78. The van der Waals surface area contributed by atoms with E-state index in [4.69, 9.17) is 0 Å². The SMILES string of the molecule is C[C@]12CC[C@@H]3C[C@@]1(C#N)N(C(=O)c1cccs1)C[C@@]32C. The lowest BCUT2D eigenvalue weighted by Gasteiger charge is -2.42. The molecular weight excluding hydrogens is 268 g/mol. The third kappa shape index (κ3) is 1.04. The minimum atomic E-state index is -0.578. The summed E-state index contributed by atoms with van der Waals surface area (Å²) in [7, 11) is 0. The van der Waals surface area contributed by atoms with Crippen LogP contribution in [-0.2, 0) is 0 Å².